The third kappa shape index (κ3) is 4.46. The minimum Gasteiger partial charge on any atom is -0.480 e. The minimum atomic E-state index is -0.963. The van der Waals surface area contributed by atoms with Crippen molar-refractivity contribution in [3.8, 4) is 6.07 Å². The lowest BCUT2D eigenvalue weighted by molar-refractivity contribution is -0.137. The number of amides is 1. The number of rotatable bonds is 7. The molecule has 2 N–H and O–H groups in total. The predicted molar refractivity (Wildman–Crippen MR) is 106 cm³/mol. The number of fused-ring (bicyclic) bond motifs is 1. The van der Waals surface area contributed by atoms with E-state index >= 15 is 0 Å². The van der Waals surface area contributed by atoms with Gasteiger partial charge in [-0.2, -0.15) is 5.26 Å². The fraction of sp³-hybridized carbons (Fsp3) is 0.136. The van der Waals surface area contributed by atoms with Crippen LogP contribution in [0.15, 0.2) is 66.4 Å². The van der Waals surface area contributed by atoms with Crippen molar-refractivity contribution in [2.75, 3.05) is 6.54 Å². The van der Waals surface area contributed by atoms with Crippen LogP contribution < -0.4 is 5.32 Å². The van der Waals surface area contributed by atoms with Gasteiger partial charge in [-0.15, -0.1) is 0 Å². The summed E-state index contributed by atoms with van der Waals surface area (Å²) >= 11 is 0. The third-order valence-electron chi connectivity index (χ3n) is 4.33. The number of hydrogen-bond acceptors (Lipinski definition) is 3. The van der Waals surface area contributed by atoms with Crippen LogP contribution in [0, 0.1) is 11.3 Å². The summed E-state index contributed by atoms with van der Waals surface area (Å²) < 4.78 is 1.59. The number of benzene rings is 2. The summed E-state index contributed by atoms with van der Waals surface area (Å²) in [6.07, 6.45) is 3.81. The molecule has 0 aliphatic heterocycles. The molecular weight excluding hydrogens is 354 g/mol. The van der Waals surface area contributed by atoms with Crippen molar-refractivity contribution >= 4 is 28.9 Å². The maximum atomic E-state index is 12.4. The summed E-state index contributed by atoms with van der Waals surface area (Å²) in [5, 5.41) is 22.1. The van der Waals surface area contributed by atoms with Crippen LogP contribution in [-0.2, 0) is 22.6 Å². The summed E-state index contributed by atoms with van der Waals surface area (Å²) in [5.41, 5.74) is 2.44. The van der Waals surface area contributed by atoms with Crippen LogP contribution in [-0.4, -0.2) is 28.1 Å². The number of aliphatic carboxylic acids is 1. The summed E-state index contributed by atoms with van der Waals surface area (Å²) in [4.78, 5) is 23.5. The average Bonchev–Trinajstić information content (AvgIpc) is 3.03. The van der Waals surface area contributed by atoms with Gasteiger partial charge >= 0.3 is 5.97 Å². The van der Waals surface area contributed by atoms with Crippen molar-refractivity contribution in [2.45, 2.75) is 13.0 Å². The van der Waals surface area contributed by atoms with E-state index in [1.165, 1.54) is 6.08 Å². The molecule has 1 aromatic heterocycles. The van der Waals surface area contributed by atoms with Gasteiger partial charge in [-0.1, -0.05) is 48.5 Å². The molecule has 1 amide bonds. The highest BCUT2D eigenvalue weighted by atomic mass is 16.4. The molecule has 1 heterocycles. The number of nitrogens with zero attached hydrogens (tertiary/aromatic N) is 2. The average molecular weight is 373 g/mol. The lowest BCUT2D eigenvalue weighted by atomic mass is 10.1. The van der Waals surface area contributed by atoms with Crippen LogP contribution in [0.3, 0.4) is 0 Å². The fourth-order valence-corrected chi connectivity index (χ4v) is 3.03. The molecule has 0 aliphatic carbocycles. The molecule has 0 fully saturated rings. The number of carboxylic acid groups (broad SMARTS) is 1. The molecule has 28 heavy (non-hydrogen) atoms. The van der Waals surface area contributed by atoms with E-state index in [0.29, 0.717) is 18.5 Å². The number of hydrogen-bond donors (Lipinski definition) is 2. The molecule has 3 aromatic rings. The SMILES string of the molecule is N#CC(=Cc1cn(CC(=O)O)c2ccccc12)C(=O)NCCc1ccccc1. The molecule has 0 bridgehead atoms. The molecule has 140 valence electrons. The first-order chi connectivity index (χ1) is 13.6. The molecule has 6 nitrogen and oxygen atoms in total. The van der Waals surface area contributed by atoms with E-state index < -0.39 is 11.9 Å². The zero-order valence-electron chi connectivity index (χ0n) is 15.1. The van der Waals surface area contributed by atoms with Gasteiger partial charge in [0.25, 0.3) is 5.91 Å². The standard InChI is InChI=1S/C22H19N3O3/c23-13-17(22(28)24-11-10-16-6-2-1-3-7-16)12-18-14-25(15-21(26)27)20-9-5-4-8-19(18)20/h1-9,12,14H,10-11,15H2,(H,24,28)(H,26,27). The van der Waals surface area contributed by atoms with Gasteiger partial charge in [0.2, 0.25) is 0 Å². The Morgan fingerprint density at radius 2 is 1.82 bits per heavy atom. The molecular formula is C22H19N3O3. The molecule has 0 unspecified atom stereocenters. The predicted octanol–water partition coefficient (Wildman–Crippen LogP) is 2.99. The second-order valence-electron chi connectivity index (χ2n) is 6.28. The topological polar surface area (TPSA) is 95.1 Å². The molecule has 2 aromatic carbocycles. The van der Waals surface area contributed by atoms with Gasteiger partial charge in [-0.05, 0) is 24.1 Å². The first kappa shape index (κ1) is 18.9. The Bertz CT molecular complexity index is 1080. The number of carbonyl (C=O) groups excluding carboxylic acids is 1. The first-order valence-electron chi connectivity index (χ1n) is 8.82. The van der Waals surface area contributed by atoms with E-state index in [-0.39, 0.29) is 12.1 Å². The second kappa shape index (κ2) is 8.69. The van der Waals surface area contributed by atoms with Crippen molar-refractivity contribution in [3.05, 3.63) is 77.5 Å². The van der Waals surface area contributed by atoms with Gasteiger partial charge in [0.1, 0.15) is 18.2 Å². The molecule has 3 rings (SSSR count). The summed E-state index contributed by atoms with van der Waals surface area (Å²) in [6, 6.07) is 19.0. The Kier molecular flexibility index (Phi) is 5.87. The fourth-order valence-electron chi connectivity index (χ4n) is 3.03. The van der Waals surface area contributed by atoms with Crippen molar-refractivity contribution in [2.24, 2.45) is 0 Å². The molecule has 0 saturated heterocycles. The Hall–Kier alpha value is -3.85. The van der Waals surface area contributed by atoms with Gasteiger partial charge in [0.05, 0.1) is 0 Å². The van der Waals surface area contributed by atoms with Crippen LogP contribution in [0.4, 0.5) is 0 Å². The molecule has 0 radical (unpaired) electrons. The smallest absolute Gasteiger partial charge is 0.323 e. The van der Waals surface area contributed by atoms with Crippen LogP contribution >= 0.6 is 0 Å². The van der Waals surface area contributed by atoms with Crippen molar-refractivity contribution in [3.63, 3.8) is 0 Å². The van der Waals surface area contributed by atoms with E-state index in [2.05, 4.69) is 5.32 Å². The van der Waals surface area contributed by atoms with Crippen LogP contribution in [0.25, 0.3) is 17.0 Å². The zero-order chi connectivity index (χ0) is 19.9. The lowest BCUT2D eigenvalue weighted by Crippen LogP contribution is -2.26. The van der Waals surface area contributed by atoms with E-state index in [1.54, 1.807) is 10.8 Å². The minimum absolute atomic E-state index is 0.0220. The quantitative estimate of drug-likeness (QED) is 0.492. The normalized spacial score (nSPS) is 11.2. The highest BCUT2D eigenvalue weighted by Crippen LogP contribution is 2.23. The van der Waals surface area contributed by atoms with Gasteiger partial charge in [0.15, 0.2) is 0 Å². The number of nitrogens with one attached hydrogen (secondary N) is 1. The van der Waals surface area contributed by atoms with Crippen molar-refractivity contribution in [1.29, 1.82) is 5.26 Å². The number of carbonyl (C=O) groups is 2. The maximum Gasteiger partial charge on any atom is 0.323 e. The van der Waals surface area contributed by atoms with Crippen LogP contribution in [0.5, 0.6) is 0 Å². The highest BCUT2D eigenvalue weighted by molar-refractivity contribution is 6.04. The number of aromatic nitrogens is 1. The van der Waals surface area contributed by atoms with Gasteiger partial charge in [-0.25, -0.2) is 0 Å². The molecule has 0 atom stereocenters. The van der Waals surface area contributed by atoms with E-state index in [1.807, 2.05) is 60.7 Å². The van der Waals surface area contributed by atoms with Crippen molar-refractivity contribution in [1.82, 2.24) is 9.88 Å². The summed E-state index contributed by atoms with van der Waals surface area (Å²) in [7, 11) is 0. The molecule has 0 aliphatic rings. The summed E-state index contributed by atoms with van der Waals surface area (Å²) in [5.74, 6) is -1.41. The first-order valence-corrected chi connectivity index (χ1v) is 8.82. The number of carboxylic acids is 1. The zero-order valence-corrected chi connectivity index (χ0v) is 15.1. The summed E-state index contributed by atoms with van der Waals surface area (Å²) in [6.45, 7) is 0.224. The van der Waals surface area contributed by atoms with Gasteiger partial charge < -0.3 is 15.0 Å². The third-order valence-corrected chi connectivity index (χ3v) is 4.33. The van der Waals surface area contributed by atoms with E-state index in [4.69, 9.17) is 5.11 Å². The largest absolute Gasteiger partial charge is 0.480 e. The Morgan fingerprint density at radius 1 is 1.11 bits per heavy atom. The monoisotopic (exact) mass is 373 g/mol. The van der Waals surface area contributed by atoms with E-state index in [9.17, 15) is 14.9 Å². The number of nitriles is 1. The number of para-hydroxylation sites is 1. The van der Waals surface area contributed by atoms with Crippen LogP contribution in [0.2, 0.25) is 0 Å². The van der Waals surface area contributed by atoms with Gasteiger partial charge in [0, 0.05) is 29.2 Å². The van der Waals surface area contributed by atoms with Gasteiger partial charge in [-0.3, -0.25) is 9.59 Å². The molecule has 0 saturated carbocycles. The highest BCUT2D eigenvalue weighted by Gasteiger charge is 2.13. The molecule has 0 spiro atoms. The second-order valence-corrected chi connectivity index (χ2v) is 6.28. The van der Waals surface area contributed by atoms with E-state index in [0.717, 1.165) is 16.5 Å². The Labute approximate surface area is 162 Å². The maximum absolute atomic E-state index is 12.4. The molecule has 6 heteroatoms. The Balaban J connectivity index is 1.79. The lowest BCUT2D eigenvalue weighted by Gasteiger charge is -2.04. The van der Waals surface area contributed by atoms with Crippen molar-refractivity contribution < 1.29 is 14.7 Å². The Morgan fingerprint density at radius 3 is 2.54 bits per heavy atom. The van der Waals surface area contributed by atoms with Crippen LogP contribution in [0.1, 0.15) is 11.1 Å².